The maximum absolute atomic E-state index is 6.61. The highest BCUT2D eigenvalue weighted by molar-refractivity contribution is 5.81. The summed E-state index contributed by atoms with van der Waals surface area (Å²) in [6, 6.07) is 30.2. The molecule has 3 aromatic carbocycles. The number of nitrogens with zero attached hydrogens (tertiary/aromatic N) is 4. The van der Waals surface area contributed by atoms with Gasteiger partial charge in [-0.3, -0.25) is 4.57 Å². The standard InChI is InChI=1S/C31H31N5O4/c32-29-26-30(34-20-33-29)36(21-35-26)31-28(39-18-24-14-8-3-9-15-24)27(38-17-23-12-6-2-7-13-23)25(19-40-31)37-16-22-10-4-1-5-11-22/h1-15,20-21,25,27-28,31H,16-19H2,(H2,32,33,34)/t25-,27-,28-,31-/m1/s1. The van der Waals surface area contributed by atoms with Crippen molar-refractivity contribution in [1.82, 2.24) is 19.5 Å². The molecule has 204 valence electrons. The molecule has 6 rings (SSSR count). The Morgan fingerprint density at radius 1 is 0.700 bits per heavy atom. The van der Waals surface area contributed by atoms with E-state index >= 15 is 0 Å². The fraction of sp³-hybridized carbons (Fsp3) is 0.258. The summed E-state index contributed by atoms with van der Waals surface area (Å²) in [6.07, 6.45) is 1.12. The maximum Gasteiger partial charge on any atom is 0.167 e. The highest BCUT2D eigenvalue weighted by atomic mass is 16.6. The summed E-state index contributed by atoms with van der Waals surface area (Å²) in [7, 11) is 0. The Hall–Kier alpha value is -4.15. The third-order valence-electron chi connectivity index (χ3n) is 6.94. The molecule has 1 aliphatic heterocycles. The first-order chi connectivity index (χ1) is 19.8. The molecule has 0 aliphatic carbocycles. The highest BCUT2D eigenvalue weighted by Gasteiger charge is 2.44. The summed E-state index contributed by atoms with van der Waals surface area (Å²) >= 11 is 0. The van der Waals surface area contributed by atoms with Gasteiger partial charge < -0.3 is 24.7 Å². The van der Waals surface area contributed by atoms with Crippen molar-refractivity contribution >= 4 is 17.0 Å². The van der Waals surface area contributed by atoms with Crippen LogP contribution in [0.1, 0.15) is 22.9 Å². The summed E-state index contributed by atoms with van der Waals surface area (Å²) < 4.78 is 27.9. The molecule has 2 aromatic heterocycles. The normalized spacial score (nSPS) is 21.0. The van der Waals surface area contributed by atoms with Crippen molar-refractivity contribution in [2.24, 2.45) is 0 Å². The molecule has 0 bridgehead atoms. The number of nitrogen functional groups attached to an aromatic ring is 1. The minimum Gasteiger partial charge on any atom is -0.382 e. The molecule has 3 heterocycles. The van der Waals surface area contributed by atoms with Crippen molar-refractivity contribution in [2.75, 3.05) is 12.3 Å². The Labute approximate surface area is 232 Å². The van der Waals surface area contributed by atoms with Crippen molar-refractivity contribution < 1.29 is 18.9 Å². The van der Waals surface area contributed by atoms with Crippen molar-refractivity contribution in [3.63, 3.8) is 0 Å². The largest absolute Gasteiger partial charge is 0.382 e. The van der Waals surface area contributed by atoms with Gasteiger partial charge in [-0.1, -0.05) is 91.0 Å². The molecule has 1 saturated heterocycles. The first-order valence-corrected chi connectivity index (χ1v) is 13.3. The summed E-state index contributed by atoms with van der Waals surface area (Å²) in [5.74, 6) is 0.308. The van der Waals surface area contributed by atoms with Crippen LogP contribution in [-0.4, -0.2) is 44.4 Å². The number of hydrogen-bond acceptors (Lipinski definition) is 8. The Bertz CT molecular complexity index is 1500. The number of nitrogens with two attached hydrogens (primary N) is 1. The molecular weight excluding hydrogens is 506 g/mol. The van der Waals surface area contributed by atoms with Crippen LogP contribution in [0.25, 0.3) is 11.2 Å². The van der Waals surface area contributed by atoms with Crippen LogP contribution in [0.3, 0.4) is 0 Å². The topological polar surface area (TPSA) is 107 Å². The number of rotatable bonds is 10. The summed E-state index contributed by atoms with van der Waals surface area (Å²) in [5, 5.41) is 0. The molecule has 5 aromatic rings. The predicted molar refractivity (Wildman–Crippen MR) is 150 cm³/mol. The molecule has 9 nitrogen and oxygen atoms in total. The van der Waals surface area contributed by atoms with E-state index in [1.807, 2.05) is 95.6 Å². The molecule has 40 heavy (non-hydrogen) atoms. The molecule has 4 atom stereocenters. The lowest BCUT2D eigenvalue weighted by Crippen LogP contribution is -2.54. The molecule has 0 amide bonds. The molecule has 2 N–H and O–H groups in total. The van der Waals surface area contributed by atoms with Crippen LogP contribution in [0.4, 0.5) is 5.82 Å². The zero-order valence-corrected chi connectivity index (χ0v) is 22.0. The van der Waals surface area contributed by atoms with E-state index in [-0.39, 0.29) is 6.10 Å². The summed E-state index contributed by atoms with van der Waals surface area (Å²) in [6.45, 7) is 1.48. The second-order valence-corrected chi connectivity index (χ2v) is 9.66. The lowest BCUT2D eigenvalue weighted by Gasteiger charge is -2.42. The first-order valence-electron chi connectivity index (χ1n) is 13.3. The Morgan fingerprint density at radius 2 is 1.25 bits per heavy atom. The number of benzene rings is 3. The van der Waals surface area contributed by atoms with E-state index in [0.717, 1.165) is 16.7 Å². The van der Waals surface area contributed by atoms with Crippen LogP contribution in [0.15, 0.2) is 104 Å². The maximum atomic E-state index is 6.61. The van der Waals surface area contributed by atoms with Crippen molar-refractivity contribution in [3.8, 4) is 0 Å². The molecule has 1 fully saturated rings. The lowest BCUT2D eigenvalue weighted by molar-refractivity contribution is -0.255. The van der Waals surface area contributed by atoms with Gasteiger partial charge in [0.15, 0.2) is 17.7 Å². The van der Waals surface area contributed by atoms with Crippen LogP contribution in [0.2, 0.25) is 0 Å². The molecule has 0 radical (unpaired) electrons. The molecular formula is C31H31N5O4. The van der Waals surface area contributed by atoms with Gasteiger partial charge in [0, 0.05) is 0 Å². The van der Waals surface area contributed by atoms with Gasteiger partial charge in [0.25, 0.3) is 0 Å². The Balaban J connectivity index is 1.33. The summed E-state index contributed by atoms with van der Waals surface area (Å²) in [5.41, 5.74) is 10.3. The lowest BCUT2D eigenvalue weighted by atomic mass is 10.0. The van der Waals surface area contributed by atoms with Crippen LogP contribution in [-0.2, 0) is 38.8 Å². The van der Waals surface area contributed by atoms with Gasteiger partial charge in [-0.05, 0) is 16.7 Å². The first kappa shape index (κ1) is 26.1. The number of imidazole rings is 1. The van der Waals surface area contributed by atoms with Crippen LogP contribution >= 0.6 is 0 Å². The van der Waals surface area contributed by atoms with E-state index in [9.17, 15) is 0 Å². The predicted octanol–water partition coefficient (Wildman–Crippen LogP) is 4.69. The number of anilines is 1. The third-order valence-corrected chi connectivity index (χ3v) is 6.94. The summed E-state index contributed by atoms with van der Waals surface area (Å²) in [4.78, 5) is 13.0. The fourth-order valence-electron chi connectivity index (χ4n) is 4.88. The SMILES string of the molecule is Nc1ncnc2c1ncn2[C@@H]1OC[C@@H](OCc2ccccc2)[C@@H](OCc2ccccc2)[C@H]1OCc1ccccc1. The van der Waals surface area contributed by atoms with E-state index in [0.29, 0.717) is 43.4 Å². The fourth-order valence-corrected chi connectivity index (χ4v) is 4.88. The van der Waals surface area contributed by atoms with Gasteiger partial charge in [-0.25, -0.2) is 15.0 Å². The minimum absolute atomic E-state index is 0.294. The Kier molecular flexibility index (Phi) is 8.06. The van der Waals surface area contributed by atoms with Gasteiger partial charge in [0.2, 0.25) is 0 Å². The quantitative estimate of drug-likeness (QED) is 0.273. The average molecular weight is 538 g/mol. The van der Waals surface area contributed by atoms with Gasteiger partial charge in [-0.15, -0.1) is 0 Å². The molecule has 0 saturated carbocycles. The van der Waals surface area contributed by atoms with Crippen LogP contribution in [0.5, 0.6) is 0 Å². The monoisotopic (exact) mass is 537 g/mol. The smallest absolute Gasteiger partial charge is 0.167 e. The van der Waals surface area contributed by atoms with Gasteiger partial charge >= 0.3 is 0 Å². The minimum atomic E-state index is -0.583. The van der Waals surface area contributed by atoms with Crippen molar-refractivity contribution in [3.05, 3.63) is 120 Å². The zero-order chi connectivity index (χ0) is 27.1. The number of ether oxygens (including phenoxy) is 4. The molecule has 0 spiro atoms. The number of fused-ring (bicyclic) bond motifs is 1. The van der Waals surface area contributed by atoms with E-state index in [4.69, 9.17) is 24.7 Å². The van der Waals surface area contributed by atoms with Crippen LogP contribution < -0.4 is 5.73 Å². The Morgan fingerprint density at radius 3 is 1.85 bits per heavy atom. The van der Waals surface area contributed by atoms with E-state index < -0.39 is 18.4 Å². The zero-order valence-electron chi connectivity index (χ0n) is 22.0. The highest BCUT2D eigenvalue weighted by Crippen LogP contribution is 2.34. The molecule has 9 heteroatoms. The molecule has 0 unspecified atom stereocenters. The molecule has 1 aliphatic rings. The van der Waals surface area contributed by atoms with Gasteiger partial charge in [0.1, 0.15) is 30.2 Å². The third kappa shape index (κ3) is 5.88. The van der Waals surface area contributed by atoms with E-state index in [1.54, 1.807) is 6.33 Å². The second kappa shape index (κ2) is 12.4. The van der Waals surface area contributed by atoms with Gasteiger partial charge in [0.05, 0.1) is 32.8 Å². The van der Waals surface area contributed by atoms with E-state index in [1.165, 1.54) is 6.33 Å². The van der Waals surface area contributed by atoms with Crippen molar-refractivity contribution in [2.45, 2.75) is 44.4 Å². The van der Waals surface area contributed by atoms with Crippen LogP contribution in [0, 0.1) is 0 Å². The van der Waals surface area contributed by atoms with Crippen molar-refractivity contribution in [1.29, 1.82) is 0 Å². The average Bonchev–Trinajstić information content (AvgIpc) is 3.45. The second-order valence-electron chi connectivity index (χ2n) is 9.66. The van der Waals surface area contributed by atoms with Gasteiger partial charge in [-0.2, -0.15) is 0 Å². The number of hydrogen-bond donors (Lipinski definition) is 1. The number of aromatic nitrogens is 4. The van der Waals surface area contributed by atoms with E-state index in [2.05, 4.69) is 15.0 Å².